The number of rotatable bonds is 0. The Balaban J connectivity index is 2.16. The zero-order valence-corrected chi connectivity index (χ0v) is 12.4. The van der Waals surface area contributed by atoms with Crippen molar-refractivity contribution in [2.75, 3.05) is 0 Å². The summed E-state index contributed by atoms with van der Waals surface area (Å²) < 4.78 is 2.09. The molecule has 3 N–H and O–H groups in total. The molecule has 2 heterocycles. The third-order valence-electron chi connectivity index (χ3n) is 4.56. The van der Waals surface area contributed by atoms with Gasteiger partial charge in [-0.3, -0.25) is 5.32 Å². The van der Waals surface area contributed by atoms with Crippen LogP contribution in [0, 0.1) is 13.8 Å². The minimum atomic E-state index is 0.325. The molecule has 0 spiro atoms. The number of aromatic nitrogens is 1. The van der Waals surface area contributed by atoms with Crippen LogP contribution in [-0.2, 0) is 7.05 Å². The number of hydrogen-bond acceptors (Lipinski definition) is 1. The van der Waals surface area contributed by atoms with Crippen LogP contribution in [0.3, 0.4) is 0 Å². The van der Waals surface area contributed by atoms with E-state index in [4.69, 9.17) is 0 Å². The Kier molecular flexibility index (Phi) is 2.39. The Morgan fingerprint density at radius 2 is 1.86 bits per heavy atom. The molecule has 0 saturated carbocycles. The van der Waals surface area contributed by atoms with Gasteiger partial charge < -0.3 is 5.11 Å². The van der Waals surface area contributed by atoms with Gasteiger partial charge in [0.25, 0.3) is 0 Å². The van der Waals surface area contributed by atoms with Gasteiger partial charge >= 0.3 is 0 Å². The van der Waals surface area contributed by atoms with E-state index in [1.54, 1.807) is 6.07 Å². The van der Waals surface area contributed by atoms with Gasteiger partial charge in [0.2, 0.25) is 0 Å². The van der Waals surface area contributed by atoms with E-state index in [0.717, 1.165) is 5.56 Å². The molecule has 3 nitrogen and oxygen atoms in total. The van der Waals surface area contributed by atoms with Crippen molar-refractivity contribution in [3.05, 3.63) is 47.8 Å². The van der Waals surface area contributed by atoms with Crippen LogP contribution in [0.4, 0.5) is 11.4 Å². The molecular formula is C18H18N2O+2. The Hall–Kier alpha value is -2.39. The van der Waals surface area contributed by atoms with Crippen molar-refractivity contribution < 1.29 is 15.0 Å². The van der Waals surface area contributed by atoms with Gasteiger partial charge in [0.15, 0.2) is 12.4 Å². The first-order chi connectivity index (χ1) is 10.1. The number of phenolic OH excluding ortho intramolecular Hbond substituents is 1. The van der Waals surface area contributed by atoms with Crippen LogP contribution in [-0.4, -0.2) is 5.11 Å². The highest BCUT2D eigenvalue weighted by Crippen LogP contribution is 2.44. The van der Waals surface area contributed by atoms with Crippen LogP contribution in [0.2, 0.25) is 0 Å². The van der Waals surface area contributed by atoms with Crippen molar-refractivity contribution in [3.8, 4) is 16.9 Å². The van der Waals surface area contributed by atoms with E-state index in [9.17, 15) is 5.11 Å². The van der Waals surface area contributed by atoms with E-state index in [1.807, 2.05) is 19.2 Å². The first-order valence-corrected chi connectivity index (χ1v) is 7.16. The van der Waals surface area contributed by atoms with Crippen LogP contribution in [0.15, 0.2) is 36.7 Å². The summed E-state index contributed by atoms with van der Waals surface area (Å²) in [6, 6.07) is 7.81. The molecule has 3 heteroatoms. The molecule has 0 fully saturated rings. The number of benzene rings is 2. The second-order valence-corrected chi connectivity index (χ2v) is 5.89. The number of pyridine rings is 1. The van der Waals surface area contributed by atoms with E-state index < -0.39 is 0 Å². The van der Waals surface area contributed by atoms with Gasteiger partial charge in [-0.25, -0.2) is 4.57 Å². The molecule has 0 aliphatic carbocycles. The molecule has 1 aliphatic heterocycles. The molecular weight excluding hydrogens is 260 g/mol. The number of aryl methyl sites for hydroxylation is 3. The number of nitrogens with zero attached hydrogens (tertiary/aromatic N) is 1. The maximum atomic E-state index is 9.82. The van der Waals surface area contributed by atoms with Gasteiger partial charge in [0.05, 0.1) is 11.1 Å². The lowest BCUT2D eigenvalue weighted by Gasteiger charge is -2.09. The third kappa shape index (κ3) is 1.61. The molecule has 104 valence electrons. The van der Waals surface area contributed by atoms with Gasteiger partial charge in [-0.05, 0) is 31.5 Å². The standard InChI is InChI=1S/C18H16N2O/c1-10-15-9-20(3)7-6-13(15)11(2)18-17(10)14-8-12(21)4-5-16(14)19-18/h4-9,21H,1-3H3/p+2. The predicted molar refractivity (Wildman–Crippen MR) is 82.9 cm³/mol. The minimum absolute atomic E-state index is 0.325. The van der Waals surface area contributed by atoms with Crippen molar-refractivity contribution in [2.24, 2.45) is 7.05 Å². The summed E-state index contributed by atoms with van der Waals surface area (Å²) in [6.07, 6.45) is 4.27. The normalized spacial score (nSPS) is 12.5. The summed E-state index contributed by atoms with van der Waals surface area (Å²) in [5.41, 5.74) is 7.46. The highest BCUT2D eigenvalue weighted by molar-refractivity contribution is 6.01. The third-order valence-corrected chi connectivity index (χ3v) is 4.56. The molecule has 21 heavy (non-hydrogen) atoms. The summed E-state index contributed by atoms with van der Waals surface area (Å²) in [4.78, 5) is 0. The molecule has 0 radical (unpaired) electrons. The summed E-state index contributed by atoms with van der Waals surface area (Å²) in [5, 5.41) is 14.6. The molecule has 0 atom stereocenters. The fraction of sp³-hybridized carbons (Fsp3) is 0.167. The fourth-order valence-electron chi connectivity index (χ4n) is 3.46. The lowest BCUT2D eigenvalue weighted by Crippen LogP contribution is -2.69. The average Bonchev–Trinajstić information content (AvgIpc) is 2.83. The van der Waals surface area contributed by atoms with Crippen molar-refractivity contribution in [1.82, 2.24) is 0 Å². The second-order valence-electron chi connectivity index (χ2n) is 5.89. The highest BCUT2D eigenvalue weighted by atomic mass is 16.3. The van der Waals surface area contributed by atoms with Crippen LogP contribution in [0.5, 0.6) is 5.75 Å². The molecule has 4 rings (SSSR count). The quantitative estimate of drug-likeness (QED) is 0.290. The topological polar surface area (TPSA) is 40.7 Å². The molecule has 1 aromatic heterocycles. The molecule has 0 amide bonds. The molecule has 0 unspecified atom stereocenters. The number of aromatic hydroxyl groups is 1. The van der Waals surface area contributed by atoms with Crippen LogP contribution >= 0.6 is 0 Å². The van der Waals surface area contributed by atoms with Crippen LogP contribution < -0.4 is 9.88 Å². The smallest absolute Gasteiger partial charge is 0.176 e. The van der Waals surface area contributed by atoms with Crippen molar-refractivity contribution in [2.45, 2.75) is 13.8 Å². The lowest BCUT2D eigenvalue weighted by atomic mass is 9.92. The first-order valence-electron chi connectivity index (χ1n) is 7.16. The summed E-state index contributed by atoms with van der Waals surface area (Å²) in [7, 11) is 2.05. The average molecular weight is 278 g/mol. The van der Waals surface area contributed by atoms with Crippen LogP contribution in [0.25, 0.3) is 21.9 Å². The van der Waals surface area contributed by atoms with Gasteiger partial charge in [-0.1, -0.05) is 0 Å². The number of fused-ring (bicyclic) bond motifs is 4. The SMILES string of the molecule is Cc1c2c(c(C)c3c[n+](C)ccc13)-c1cc(O)ccc1[NH2+]2. The van der Waals surface area contributed by atoms with E-state index in [2.05, 4.69) is 42.2 Å². The maximum Gasteiger partial charge on any atom is 0.176 e. The van der Waals surface area contributed by atoms with Crippen molar-refractivity contribution in [1.29, 1.82) is 0 Å². The Morgan fingerprint density at radius 1 is 1.05 bits per heavy atom. The Bertz CT molecular complexity index is 913. The zero-order valence-electron chi connectivity index (χ0n) is 12.4. The second kappa shape index (κ2) is 4.06. The van der Waals surface area contributed by atoms with E-state index in [1.165, 1.54) is 38.8 Å². The molecule has 1 aliphatic rings. The summed E-state index contributed by atoms with van der Waals surface area (Å²) in [6.45, 7) is 4.36. The Labute approximate surface area is 123 Å². The first kappa shape index (κ1) is 12.4. The number of quaternary nitrogens is 1. The number of hydrogen-bond donors (Lipinski definition) is 2. The van der Waals surface area contributed by atoms with Gasteiger partial charge in [0, 0.05) is 28.5 Å². The molecule has 0 saturated heterocycles. The molecule has 0 bridgehead atoms. The largest absolute Gasteiger partial charge is 0.508 e. The predicted octanol–water partition coefficient (Wildman–Crippen LogP) is 2.49. The van der Waals surface area contributed by atoms with Crippen molar-refractivity contribution in [3.63, 3.8) is 0 Å². The monoisotopic (exact) mass is 278 g/mol. The Morgan fingerprint density at radius 3 is 2.67 bits per heavy atom. The number of nitrogens with two attached hydrogens (primary N) is 1. The zero-order chi connectivity index (χ0) is 14.7. The molecule has 2 aromatic carbocycles. The minimum Gasteiger partial charge on any atom is -0.508 e. The van der Waals surface area contributed by atoms with Gasteiger partial charge in [-0.15, -0.1) is 0 Å². The lowest BCUT2D eigenvalue weighted by molar-refractivity contribution is -0.670. The summed E-state index contributed by atoms with van der Waals surface area (Å²) >= 11 is 0. The van der Waals surface area contributed by atoms with E-state index in [-0.39, 0.29) is 0 Å². The van der Waals surface area contributed by atoms with E-state index in [0.29, 0.717) is 5.75 Å². The van der Waals surface area contributed by atoms with Crippen molar-refractivity contribution >= 4 is 22.1 Å². The molecule has 3 aromatic rings. The van der Waals surface area contributed by atoms with Gasteiger partial charge in [0.1, 0.15) is 24.2 Å². The van der Waals surface area contributed by atoms with Gasteiger partial charge in [-0.2, -0.15) is 0 Å². The summed E-state index contributed by atoms with van der Waals surface area (Å²) in [5.74, 6) is 0.325. The highest BCUT2D eigenvalue weighted by Gasteiger charge is 2.29. The maximum absolute atomic E-state index is 9.82. The number of phenols is 1. The van der Waals surface area contributed by atoms with E-state index >= 15 is 0 Å². The van der Waals surface area contributed by atoms with Crippen LogP contribution in [0.1, 0.15) is 11.1 Å². The fourth-order valence-corrected chi connectivity index (χ4v) is 3.46.